The number of rotatable bonds is 5. The molecule has 1 aliphatic rings. The number of carboxylic acids is 1. The van der Waals surface area contributed by atoms with Gasteiger partial charge in [0, 0.05) is 30.6 Å². The van der Waals surface area contributed by atoms with Crippen molar-refractivity contribution in [2.24, 2.45) is 5.92 Å². The highest BCUT2D eigenvalue weighted by molar-refractivity contribution is 7.99. The Balaban J connectivity index is 2.68. The van der Waals surface area contributed by atoms with Gasteiger partial charge in [-0.2, -0.15) is 11.8 Å². The van der Waals surface area contributed by atoms with Crippen LogP contribution in [0.4, 0.5) is 4.79 Å². The lowest BCUT2D eigenvalue weighted by Crippen LogP contribution is -2.57. The zero-order valence-corrected chi connectivity index (χ0v) is 13.4. The molecule has 6 nitrogen and oxygen atoms in total. The van der Waals surface area contributed by atoms with Crippen molar-refractivity contribution >= 4 is 23.8 Å². The van der Waals surface area contributed by atoms with E-state index in [0.717, 1.165) is 12.3 Å². The number of likely N-dealkylation sites (N-methyl/N-ethyl adjacent to an activating group) is 1. The molecule has 0 bridgehead atoms. The maximum Gasteiger partial charge on any atom is 0.327 e. The number of aliphatic carboxylic acids is 1. The molecule has 0 aliphatic carbocycles. The average Bonchev–Trinajstić information content (AvgIpc) is 2.37. The summed E-state index contributed by atoms with van der Waals surface area (Å²) in [4.78, 5) is 27.0. The van der Waals surface area contributed by atoms with E-state index in [1.807, 2.05) is 19.0 Å². The summed E-state index contributed by atoms with van der Waals surface area (Å²) in [6.07, 6.45) is 0. The highest BCUT2D eigenvalue weighted by atomic mass is 32.2. The third-order valence-corrected chi connectivity index (χ3v) is 4.37. The molecule has 1 aliphatic heterocycles. The van der Waals surface area contributed by atoms with Crippen LogP contribution >= 0.6 is 11.8 Å². The largest absolute Gasteiger partial charge is 0.480 e. The van der Waals surface area contributed by atoms with E-state index in [4.69, 9.17) is 0 Å². The molecule has 7 heteroatoms. The first-order chi connectivity index (χ1) is 9.32. The molecule has 20 heavy (non-hydrogen) atoms. The fraction of sp³-hybridized carbons (Fsp3) is 0.846. The van der Waals surface area contributed by atoms with Crippen molar-refractivity contribution in [2.75, 3.05) is 38.7 Å². The third kappa shape index (κ3) is 4.86. The fourth-order valence-electron chi connectivity index (χ4n) is 2.11. The molecule has 1 saturated heterocycles. The Hall–Kier alpha value is -0.950. The molecule has 116 valence electrons. The van der Waals surface area contributed by atoms with E-state index in [0.29, 0.717) is 18.2 Å². The number of urea groups is 1. The lowest BCUT2D eigenvalue weighted by atomic mass is 10.0. The monoisotopic (exact) mass is 303 g/mol. The second-order valence-corrected chi connectivity index (χ2v) is 6.83. The van der Waals surface area contributed by atoms with E-state index >= 15 is 0 Å². The molecule has 1 rings (SSSR count). The Kier molecular flexibility index (Phi) is 6.61. The van der Waals surface area contributed by atoms with Crippen molar-refractivity contribution < 1.29 is 14.7 Å². The highest BCUT2D eigenvalue weighted by Gasteiger charge is 2.33. The molecular formula is C13H25N3O3S. The summed E-state index contributed by atoms with van der Waals surface area (Å²) in [7, 11) is 3.91. The Morgan fingerprint density at radius 3 is 2.60 bits per heavy atom. The summed E-state index contributed by atoms with van der Waals surface area (Å²) in [5, 5.41) is 12.2. The van der Waals surface area contributed by atoms with Gasteiger partial charge in [0.05, 0.1) is 0 Å². The number of hydrogen-bond acceptors (Lipinski definition) is 4. The molecule has 2 N–H and O–H groups in total. The number of carbonyl (C=O) groups is 2. The first-order valence-electron chi connectivity index (χ1n) is 6.85. The van der Waals surface area contributed by atoms with Crippen LogP contribution in [0.15, 0.2) is 0 Å². The Labute approximate surface area is 124 Å². The van der Waals surface area contributed by atoms with Gasteiger partial charge >= 0.3 is 12.0 Å². The molecule has 2 unspecified atom stereocenters. The second-order valence-electron chi connectivity index (χ2n) is 5.68. The predicted octanol–water partition coefficient (Wildman–Crippen LogP) is 0.784. The number of amides is 2. The maximum absolute atomic E-state index is 12.3. The molecule has 0 aromatic carbocycles. The van der Waals surface area contributed by atoms with Crippen molar-refractivity contribution in [1.29, 1.82) is 0 Å². The average molecular weight is 303 g/mol. The molecule has 0 spiro atoms. The maximum atomic E-state index is 12.3. The zero-order chi connectivity index (χ0) is 15.3. The Morgan fingerprint density at radius 2 is 2.10 bits per heavy atom. The molecule has 2 atom stereocenters. The van der Waals surface area contributed by atoms with Gasteiger partial charge in [-0.05, 0) is 20.0 Å². The van der Waals surface area contributed by atoms with Crippen LogP contribution in [-0.2, 0) is 4.79 Å². The fourth-order valence-corrected chi connectivity index (χ4v) is 3.15. The summed E-state index contributed by atoms with van der Waals surface area (Å²) in [6, 6.07) is -0.972. The SMILES string of the molecule is CC(C)C(CN(C)C)NC(=O)N1CCSCC1C(=O)O. The van der Waals surface area contributed by atoms with Crippen LogP contribution < -0.4 is 5.32 Å². The quantitative estimate of drug-likeness (QED) is 0.785. The first-order valence-corrected chi connectivity index (χ1v) is 8.00. The van der Waals surface area contributed by atoms with E-state index < -0.39 is 12.0 Å². The van der Waals surface area contributed by atoms with E-state index in [2.05, 4.69) is 19.2 Å². The second kappa shape index (κ2) is 7.73. The highest BCUT2D eigenvalue weighted by Crippen LogP contribution is 2.17. The van der Waals surface area contributed by atoms with Gasteiger partial charge in [0.2, 0.25) is 0 Å². The summed E-state index contributed by atoms with van der Waals surface area (Å²) < 4.78 is 0. The van der Waals surface area contributed by atoms with E-state index in [1.54, 1.807) is 11.8 Å². The molecule has 1 heterocycles. The van der Waals surface area contributed by atoms with Gasteiger partial charge in [0.1, 0.15) is 6.04 Å². The zero-order valence-electron chi connectivity index (χ0n) is 12.6. The topological polar surface area (TPSA) is 72.9 Å². The lowest BCUT2D eigenvalue weighted by molar-refractivity contribution is -0.141. The van der Waals surface area contributed by atoms with Crippen molar-refractivity contribution in [2.45, 2.75) is 25.9 Å². The number of hydrogen-bond donors (Lipinski definition) is 2. The van der Waals surface area contributed by atoms with Crippen molar-refractivity contribution in [3.63, 3.8) is 0 Å². The normalized spacial score (nSPS) is 21.1. The van der Waals surface area contributed by atoms with Crippen LogP contribution in [-0.4, -0.2) is 77.7 Å². The molecule has 0 aromatic rings. The first kappa shape index (κ1) is 17.1. The number of nitrogens with zero attached hydrogens (tertiary/aromatic N) is 2. The van der Waals surface area contributed by atoms with Gasteiger partial charge < -0.3 is 20.2 Å². The van der Waals surface area contributed by atoms with Gasteiger partial charge in [0.15, 0.2) is 0 Å². The minimum atomic E-state index is -0.930. The van der Waals surface area contributed by atoms with Crippen LogP contribution in [0.1, 0.15) is 13.8 Å². The smallest absolute Gasteiger partial charge is 0.327 e. The number of thioether (sulfide) groups is 1. The summed E-state index contributed by atoms with van der Waals surface area (Å²) >= 11 is 1.58. The molecule has 0 aromatic heterocycles. The third-order valence-electron chi connectivity index (χ3n) is 3.35. The van der Waals surface area contributed by atoms with Gasteiger partial charge in [0.25, 0.3) is 0 Å². The molecule has 0 saturated carbocycles. The number of carbonyl (C=O) groups excluding carboxylic acids is 1. The summed E-state index contributed by atoms with van der Waals surface area (Å²) in [6.45, 7) is 5.33. The standard InChI is InChI=1S/C13H25N3O3S/c1-9(2)10(7-15(3)4)14-13(19)16-5-6-20-8-11(16)12(17)18/h9-11H,5-8H2,1-4H3,(H,14,19)(H,17,18). The van der Waals surface area contributed by atoms with Crippen LogP contribution in [0.2, 0.25) is 0 Å². The lowest BCUT2D eigenvalue weighted by Gasteiger charge is -2.35. The predicted molar refractivity (Wildman–Crippen MR) is 81.2 cm³/mol. The van der Waals surface area contributed by atoms with E-state index in [9.17, 15) is 14.7 Å². The van der Waals surface area contributed by atoms with Crippen molar-refractivity contribution in [3.8, 4) is 0 Å². The number of nitrogens with one attached hydrogen (secondary N) is 1. The number of carboxylic acid groups (broad SMARTS) is 1. The minimum absolute atomic E-state index is 0.0153. The van der Waals surface area contributed by atoms with E-state index in [-0.39, 0.29) is 12.1 Å². The molecular weight excluding hydrogens is 278 g/mol. The van der Waals surface area contributed by atoms with Crippen LogP contribution in [0, 0.1) is 5.92 Å². The Bertz CT molecular complexity index is 350. The summed E-state index contributed by atoms with van der Waals surface area (Å²) in [5.41, 5.74) is 0. The minimum Gasteiger partial charge on any atom is -0.480 e. The van der Waals surface area contributed by atoms with Crippen molar-refractivity contribution in [1.82, 2.24) is 15.1 Å². The van der Waals surface area contributed by atoms with Crippen LogP contribution in [0.25, 0.3) is 0 Å². The summed E-state index contributed by atoms with van der Waals surface area (Å²) in [5.74, 6) is 0.616. The van der Waals surface area contributed by atoms with Crippen LogP contribution in [0.5, 0.6) is 0 Å². The Morgan fingerprint density at radius 1 is 1.45 bits per heavy atom. The molecule has 1 fully saturated rings. The van der Waals surface area contributed by atoms with Crippen molar-refractivity contribution in [3.05, 3.63) is 0 Å². The van der Waals surface area contributed by atoms with E-state index in [1.165, 1.54) is 4.90 Å². The molecule has 0 radical (unpaired) electrons. The van der Waals surface area contributed by atoms with Gasteiger partial charge in [-0.1, -0.05) is 13.8 Å². The van der Waals surface area contributed by atoms with Gasteiger partial charge in [-0.15, -0.1) is 0 Å². The van der Waals surface area contributed by atoms with Gasteiger partial charge in [-0.3, -0.25) is 0 Å². The van der Waals surface area contributed by atoms with Gasteiger partial charge in [-0.25, -0.2) is 9.59 Å². The van der Waals surface area contributed by atoms with Crippen LogP contribution in [0.3, 0.4) is 0 Å². The molecule has 2 amide bonds.